The highest BCUT2D eigenvalue weighted by atomic mass is 19.4. The predicted molar refractivity (Wildman–Crippen MR) is 103 cm³/mol. The molecule has 7 nitrogen and oxygen atoms in total. The summed E-state index contributed by atoms with van der Waals surface area (Å²) in [5.41, 5.74) is 0.126. The molecule has 3 aliphatic rings. The number of piperidine rings is 1. The Kier molecular flexibility index (Phi) is 9.36. The maximum absolute atomic E-state index is 12.5. The van der Waals surface area contributed by atoms with Gasteiger partial charge in [0.15, 0.2) is 0 Å². The molecule has 0 aromatic carbocycles. The number of ether oxygens (including phenoxy) is 2. The standard InChI is InChI=1S/C18H32N2O3.C2HF3O2/c1-22-12-10-20-11-13-23-15-18(20)6-8-19(9-7-18)17(21)14-16-4-2-3-5-16;3-2(4,5)1(6)7/h16H,2-15H2,1H3;(H,6,7). The smallest absolute Gasteiger partial charge is 0.475 e. The van der Waals surface area contributed by atoms with Crippen LogP contribution in [0, 0.1) is 5.92 Å². The van der Waals surface area contributed by atoms with E-state index in [2.05, 4.69) is 9.80 Å². The highest BCUT2D eigenvalue weighted by Crippen LogP contribution is 2.33. The summed E-state index contributed by atoms with van der Waals surface area (Å²) in [7, 11) is 1.76. The number of halogens is 3. The summed E-state index contributed by atoms with van der Waals surface area (Å²) in [5.74, 6) is -1.73. The molecule has 2 saturated heterocycles. The van der Waals surface area contributed by atoms with Crippen molar-refractivity contribution in [3.8, 4) is 0 Å². The van der Waals surface area contributed by atoms with Crippen LogP contribution in [0.1, 0.15) is 44.9 Å². The summed E-state index contributed by atoms with van der Waals surface area (Å²) in [5, 5.41) is 7.12. The van der Waals surface area contributed by atoms with Crippen LogP contribution in [0.5, 0.6) is 0 Å². The van der Waals surface area contributed by atoms with E-state index >= 15 is 0 Å². The van der Waals surface area contributed by atoms with Gasteiger partial charge in [-0.05, 0) is 31.6 Å². The molecule has 1 N–H and O–H groups in total. The Labute approximate surface area is 175 Å². The number of rotatable bonds is 5. The van der Waals surface area contributed by atoms with E-state index < -0.39 is 12.1 Å². The van der Waals surface area contributed by atoms with Crippen LogP contribution < -0.4 is 0 Å². The minimum Gasteiger partial charge on any atom is -0.475 e. The predicted octanol–water partition coefficient (Wildman–Crippen LogP) is 2.54. The molecule has 3 rings (SSSR count). The fourth-order valence-electron chi connectivity index (χ4n) is 4.54. The van der Waals surface area contributed by atoms with E-state index in [4.69, 9.17) is 19.4 Å². The molecule has 30 heavy (non-hydrogen) atoms. The number of hydrogen-bond donors (Lipinski definition) is 1. The van der Waals surface area contributed by atoms with Crippen molar-refractivity contribution in [2.24, 2.45) is 5.92 Å². The third-order valence-electron chi connectivity index (χ3n) is 6.34. The van der Waals surface area contributed by atoms with Gasteiger partial charge in [0.05, 0.1) is 19.8 Å². The van der Waals surface area contributed by atoms with Crippen LogP contribution >= 0.6 is 0 Å². The average molecular weight is 438 g/mol. The minimum absolute atomic E-state index is 0.126. The highest BCUT2D eigenvalue weighted by Gasteiger charge is 2.43. The Bertz CT molecular complexity index is 559. The number of morpholine rings is 1. The van der Waals surface area contributed by atoms with Crippen molar-refractivity contribution in [2.45, 2.75) is 56.7 Å². The molecule has 10 heteroatoms. The van der Waals surface area contributed by atoms with Gasteiger partial charge in [-0.25, -0.2) is 4.79 Å². The van der Waals surface area contributed by atoms with Gasteiger partial charge in [0.2, 0.25) is 5.91 Å². The molecule has 0 unspecified atom stereocenters. The van der Waals surface area contributed by atoms with Crippen LogP contribution in [0.25, 0.3) is 0 Å². The van der Waals surface area contributed by atoms with Crippen LogP contribution in [0.2, 0.25) is 0 Å². The van der Waals surface area contributed by atoms with E-state index in [1.54, 1.807) is 7.11 Å². The van der Waals surface area contributed by atoms with Crippen molar-refractivity contribution < 1.29 is 37.3 Å². The van der Waals surface area contributed by atoms with Gasteiger partial charge in [-0.1, -0.05) is 12.8 Å². The van der Waals surface area contributed by atoms with Gasteiger partial charge in [0.1, 0.15) is 0 Å². The van der Waals surface area contributed by atoms with Crippen LogP contribution in [0.15, 0.2) is 0 Å². The zero-order valence-electron chi connectivity index (χ0n) is 17.6. The van der Waals surface area contributed by atoms with Gasteiger partial charge in [0, 0.05) is 45.2 Å². The molecule has 3 fully saturated rings. The molecular weight excluding hydrogens is 405 g/mol. The third kappa shape index (κ3) is 7.09. The number of methoxy groups -OCH3 is 1. The van der Waals surface area contributed by atoms with Gasteiger partial charge in [0.25, 0.3) is 0 Å². The number of carboxylic acid groups (broad SMARTS) is 1. The zero-order chi connectivity index (χ0) is 22.2. The topological polar surface area (TPSA) is 79.3 Å². The second kappa shape index (κ2) is 11.3. The van der Waals surface area contributed by atoms with Crippen LogP contribution in [0.3, 0.4) is 0 Å². The van der Waals surface area contributed by atoms with Crippen molar-refractivity contribution in [3.63, 3.8) is 0 Å². The summed E-state index contributed by atoms with van der Waals surface area (Å²) < 4.78 is 42.8. The molecule has 0 radical (unpaired) electrons. The van der Waals surface area contributed by atoms with E-state index in [1.165, 1.54) is 25.7 Å². The zero-order valence-corrected chi connectivity index (χ0v) is 17.6. The maximum atomic E-state index is 12.5. The first-order chi connectivity index (χ1) is 14.2. The summed E-state index contributed by atoms with van der Waals surface area (Å²) in [4.78, 5) is 26.1. The quantitative estimate of drug-likeness (QED) is 0.711. The lowest BCUT2D eigenvalue weighted by molar-refractivity contribution is -0.192. The number of amides is 1. The molecule has 0 aromatic heterocycles. The van der Waals surface area contributed by atoms with Gasteiger partial charge in [-0.3, -0.25) is 9.69 Å². The molecule has 2 heterocycles. The molecule has 1 aliphatic carbocycles. The first kappa shape index (κ1) is 24.9. The van der Waals surface area contributed by atoms with Gasteiger partial charge >= 0.3 is 12.1 Å². The van der Waals surface area contributed by atoms with Crippen LogP contribution in [-0.2, 0) is 19.1 Å². The normalized spacial score (nSPS) is 22.6. The molecular formula is C20H33F3N2O5. The Balaban J connectivity index is 0.000000396. The van der Waals surface area contributed by atoms with Crippen molar-refractivity contribution >= 4 is 11.9 Å². The number of alkyl halides is 3. The van der Waals surface area contributed by atoms with Crippen LogP contribution in [-0.4, -0.2) is 91.6 Å². The summed E-state index contributed by atoms with van der Waals surface area (Å²) in [6.07, 6.45) is 2.89. The van der Waals surface area contributed by atoms with E-state index in [-0.39, 0.29) is 5.54 Å². The summed E-state index contributed by atoms with van der Waals surface area (Å²) >= 11 is 0. The SMILES string of the molecule is COCCN1CCOCC12CCN(C(=O)CC1CCCC1)CC2.O=C(O)C(F)(F)F. The van der Waals surface area contributed by atoms with E-state index in [1.807, 2.05) is 0 Å². The Morgan fingerprint density at radius 2 is 1.77 bits per heavy atom. The third-order valence-corrected chi connectivity index (χ3v) is 6.34. The molecule has 0 atom stereocenters. The molecule has 174 valence electrons. The van der Waals surface area contributed by atoms with Crippen molar-refractivity contribution in [3.05, 3.63) is 0 Å². The van der Waals surface area contributed by atoms with Crippen molar-refractivity contribution in [1.29, 1.82) is 0 Å². The lowest BCUT2D eigenvalue weighted by atomic mass is 9.85. The average Bonchev–Trinajstić information content (AvgIpc) is 3.21. The van der Waals surface area contributed by atoms with E-state index in [0.29, 0.717) is 11.8 Å². The Hall–Kier alpha value is -1.39. The Morgan fingerprint density at radius 3 is 2.30 bits per heavy atom. The van der Waals surface area contributed by atoms with E-state index in [9.17, 15) is 18.0 Å². The van der Waals surface area contributed by atoms with Gasteiger partial charge in [-0.2, -0.15) is 13.2 Å². The lowest BCUT2D eigenvalue weighted by Crippen LogP contribution is -2.62. The highest BCUT2D eigenvalue weighted by molar-refractivity contribution is 5.76. The van der Waals surface area contributed by atoms with Gasteiger partial charge < -0.3 is 19.5 Å². The number of likely N-dealkylation sites (tertiary alicyclic amines) is 1. The maximum Gasteiger partial charge on any atom is 0.490 e. The Morgan fingerprint density at radius 1 is 1.17 bits per heavy atom. The van der Waals surface area contributed by atoms with Crippen molar-refractivity contribution in [1.82, 2.24) is 9.80 Å². The minimum atomic E-state index is -5.08. The monoisotopic (exact) mass is 438 g/mol. The molecule has 1 spiro atoms. The molecule has 0 aromatic rings. The summed E-state index contributed by atoms with van der Waals surface area (Å²) in [6, 6.07) is 0. The molecule has 2 aliphatic heterocycles. The number of carbonyl (C=O) groups is 2. The van der Waals surface area contributed by atoms with E-state index in [0.717, 1.165) is 65.3 Å². The number of hydrogen-bond acceptors (Lipinski definition) is 5. The number of nitrogens with zero attached hydrogens (tertiary/aromatic N) is 2. The second-order valence-electron chi connectivity index (χ2n) is 8.30. The van der Waals surface area contributed by atoms with Crippen LogP contribution in [0.4, 0.5) is 13.2 Å². The largest absolute Gasteiger partial charge is 0.490 e. The number of aliphatic carboxylic acids is 1. The number of carboxylic acids is 1. The first-order valence-corrected chi connectivity index (χ1v) is 10.6. The molecule has 1 amide bonds. The lowest BCUT2D eigenvalue weighted by Gasteiger charge is -2.51. The van der Waals surface area contributed by atoms with Crippen molar-refractivity contribution in [2.75, 3.05) is 53.1 Å². The fraction of sp³-hybridized carbons (Fsp3) is 0.900. The second-order valence-corrected chi connectivity index (χ2v) is 8.30. The number of carbonyl (C=O) groups excluding carboxylic acids is 1. The fourth-order valence-corrected chi connectivity index (χ4v) is 4.54. The molecule has 0 bridgehead atoms. The first-order valence-electron chi connectivity index (χ1n) is 10.6. The van der Waals surface area contributed by atoms with Gasteiger partial charge in [-0.15, -0.1) is 0 Å². The summed E-state index contributed by atoms with van der Waals surface area (Å²) in [6.45, 7) is 6.12. The molecule has 1 saturated carbocycles.